The summed E-state index contributed by atoms with van der Waals surface area (Å²) in [5, 5.41) is 13.4. The summed E-state index contributed by atoms with van der Waals surface area (Å²) in [4.78, 5) is 12.9. The van der Waals surface area contributed by atoms with E-state index in [1.54, 1.807) is 0 Å². The predicted octanol–water partition coefficient (Wildman–Crippen LogP) is 3.82. The number of aliphatic hydroxyl groups is 1. The van der Waals surface area contributed by atoms with Gasteiger partial charge in [0.2, 0.25) is 5.91 Å². The van der Waals surface area contributed by atoms with Gasteiger partial charge >= 0.3 is 0 Å². The van der Waals surface area contributed by atoms with Gasteiger partial charge in [0.05, 0.1) is 22.2 Å². The molecule has 0 spiro atoms. The zero-order chi connectivity index (χ0) is 19.5. The molecule has 1 amide bonds. The molecule has 4 rings (SSSR count). The highest BCUT2D eigenvalue weighted by molar-refractivity contribution is 6.42. The van der Waals surface area contributed by atoms with E-state index in [0.717, 1.165) is 12.8 Å². The van der Waals surface area contributed by atoms with Gasteiger partial charge in [-0.25, -0.2) is 4.39 Å². The smallest absolute Gasteiger partial charge is 0.223 e. The topological polar surface area (TPSA) is 75.3 Å². The van der Waals surface area contributed by atoms with Crippen molar-refractivity contribution >= 4 is 29.1 Å². The third-order valence-electron chi connectivity index (χ3n) is 6.83. The number of fused-ring (bicyclic) bond motifs is 1. The van der Waals surface area contributed by atoms with Gasteiger partial charge in [-0.15, -0.1) is 0 Å². The van der Waals surface area contributed by atoms with Crippen LogP contribution in [0, 0.1) is 29.0 Å². The van der Waals surface area contributed by atoms with Crippen LogP contribution in [0.3, 0.4) is 0 Å². The van der Waals surface area contributed by atoms with E-state index >= 15 is 0 Å². The lowest BCUT2D eigenvalue weighted by molar-refractivity contribution is -0.126. The second kappa shape index (κ2) is 6.87. The van der Waals surface area contributed by atoms with Crippen molar-refractivity contribution in [1.82, 2.24) is 5.32 Å². The van der Waals surface area contributed by atoms with Gasteiger partial charge in [0.1, 0.15) is 5.82 Å². The highest BCUT2D eigenvalue weighted by atomic mass is 35.5. The number of benzene rings is 1. The Bertz CT molecular complexity index is 755. The summed E-state index contributed by atoms with van der Waals surface area (Å²) in [5.41, 5.74) is 5.85. The van der Waals surface area contributed by atoms with Crippen LogP contribution in [0.15, 0.2) is 12.1 Å². The second-order valence-corrected chi connectivity index (χ2v) is 9.70. The predicted molar refractivity (Wildman–Crippen MR) is 103 cm³/mol. The summed E-state index contributed by atoms with van der Waals surface area (Å²) < 4.78 is 14.8. The molecule has 0 aromatic heterocycles. The molecule has 3 aliphatic rings. The van der Waals surface area contributed by atoms with Crippen molar-refractivity contribution in [3.63, 3.8) is 0 Å². The SMILES string of the molecule is CC1([C@H](NC(=O)[C@@H]2C[C@@H](O)[C@@H](N)C2)c2c(F)ccc(Cl)c2Cl)CC2CC2C1. The minimum atomic E-state index is -0.680. The van der Waals surface area contributed by atoms with Gasteiger partial charge in [-0.3, -0.25) is 4.79 Å². The molecule has 148 valence electrons. The summed E-state index contributed by atoms with van der Waals surface area (Å²) in [6.07, 6.45) is 3.14. The third kappa shape index (κ3) is 3.48. The standard InChI is InChI=1S/C20H25Cl2FN2O2/c1-20(7-10-4-11(10)8-20)18(16-13(23)3-2-12(21)17(16)22)25-19(27)9-5-14(24)15(26)6-9/h2-3,9-11,14-15,18,26H,4-8,24H2,1H3,(H,25,27)/t9-,10?,11?,14-,15+,18+,20?/m0/s1. The summed E-state index contributed by atoms with van der Waals surface area (Å²) in [6.45, 7) is 2.09. The lowest BCUT2D eigenvalue weighted by Gasteiger charge is -2.38. The molecule has 27 heavy (non-hydrogen) atoms. The van der Waals surface area contributed by atoms with Gasteiger partial charge in [-0.2, -0.15) is 0 Å². The van der Waals surface area contributed by atoms with E-state index < -0.39 is 24.0 Å². The Kier molecular flexibility index (Phi) is 4.95. The minimum absolute atomic E-state index is 0.159. The number of nitrogens with one attached hydrogen (secondary N) is 1. The number of hydrogen-bond acceptors (Lipinski definition) is 3. The van der Waals surface area contributed by atoms with Crippen LogP contribution in [-0.4, -0.2) is 23.2 Å². The summed E-state index contributed by atoms with van der Waals surface area (Å²) in [6, 6.07) is 1.78. The normalized spacial score (nSPS) is 38.5. The highest BCUT2D eigenvalue weighted by Gasteiger charge is 2.56. The van der Waals surface area contributed by atoms with E-state index in [1.807, 2.05) is 0 Å². The summed E-state index contributed by atoms with van der Waals surface area (Å²) in [5.74, 6) is 0.260. The first-order chi connectivity index (χ1) is 12.7. The first kappa shape index (κ1) is 19.4. The van der Waals surface area contributed by atoms with Gasteiger partial charge in [-0.05, 0) is 61.5 Å². The quantitative estimate of drug-likeness (QED) is 0.655. The van der Waals surface area contributed by atoms with Crippen molar-refractivity contribution in [1.29, 1.82) is 0 Å². The molecule has 3 aliphatic carbocycles. The molecule has 4 N–H and O–H groups in total. The number of carbonyl (C=O) groups excluding carboxylic acids is 1. The average Bonchev–Trinajstić information content (AvgIpc) is 3.08. The molecule has 0 heterocycles. The van der Waals surface area contributed by atoms with Gasteiger partial charge in [0.15, 0.2) is 0 Å². The lowest BCUT2D eigenvalue weighted by atomic mass is 9.74. The van der Waals surface area contributed by atoms with E-state index in [4.69, 9.17) is 28.9 Å². The maximum Gasteiger partial charge on any atom is 0.223 e. The molecule has 3 fully saturated rings. The van der Waals surface area contributed by atoms with Crippen LogP contribution in [0.25, 0.3) is 0 Å². The maximum absolute atomic E-state index is 14.8. The fourth-order valence-electron chi connectivity index (χ4n) is 5.25. The van der Waals surface area contributed by atoms with E-state index in [0.29, 0.717) is 24.7 Å². The minimum Gasteiger partial charge on any atom is -0.391 e. The fraction of sp³-hybridized carbons (Fsp3) is 0.650. The highest BCUT2D eigenvalue weighted by Crippen LogP contribution is 2.64. The number of rotatable bonds is 4. The van der Waals surface area contributed by atoms with E-state index in [2.05, 4.69) is 12.2 Å². The molecule has 4 nitrogen and oxygen atoms in total. The fourth-order valence-corrected chi connectivity index (χ4v) is 5.68. The Labute approximate surface area is 168 Å². The molecule has 6 atom stereocenters. The summed E-state index contributed by atoms with van der Waals surface area (Å²) >= 11 is 12.5. The van der Waals surface area contributed by atoms with E-state index in [9.17, 15) is 14.3 Å². The van der Waals surface area contributed by atoms with E-state index in [-0.39, 0.29) is 32.8 Å². The largest absolute Gasteiger partial charge is 0.391 e. The molecule has 0 radical (unpaired) electrons. The molecule has 0 saturated heterocycles. The van der Waals surface area contributed by atoms with Crippen LogP contribution >= 0.6 is 23.2 Å². The molecule has 2 unspecified atom stereocenters. The first-order valence-electron chi connectivity index (χ1n) is 9.57. The Morgan fingerprint density at radius 3 is 2.56 bits per heavy atom. The van der Waals surface area contributed by atoms with Crippen molar-refractivity contribution in [3.05, 3.63) is 33.6 Å². The molecule has 3 saturated carbocycles. The number of aliphatic hydroxyl groups excluding tert-OH is 1. The number of halogens is 3. The van der Waals surface area contributed by atoms with Crippen LogP contribution in [0.4, 0.5) is 4.39 Å². The molecule has 0 aliphatic heterocycles. The van der Waals surface area contributed by atoms with Crippen LogP contribution in [0.2, 0.25) is 10.0 Å². The van der Waals surface area contributed by atoms with Crippen molar-refractivity contribution < 1.29 is 14.3 Å². The zero-order valence-corrected chi connectivity index (χ0v) is 16.7. The van der Waals surface area contributed by atoms with Crippen LogP contribution in [-0.2, 0) is 4.79 Å². The molecular weight excluding hydrogens is 390 g/mol. The molecular formula is C20H25Cl2FN2O2. The number of hydrogen-bond donors (Lipinski definition) is 3. The van der Waals surface area contributed by atoms with Gasteiger partial charge in [0, 0.05) is 17.5 Å². The van der Waals surface area contributed by atoms with Gasteiger partial charge in [0.25, 0.3) is 0 Å². The Hall–Kier alpha value is -0.880. The Morgan fingerprint density at radius 2 is 1.96 bits per heavy atom. The number of amides is 1. The monoisotopic (exact) mass is 414 g/mol. The molecule has 1 aromatic rings. The van der Waals surface area contributed by atoms with Crippen molar-refractivity contribution in [2.24, 2.45) is 28.9 Å². The van der Waals surface area contributed by atoms with Crippen molar-refractivity contribution in [3.8, 4) is 0 Å². The van der Waals surface area contributed by atoms with Gasteiger partial charge in [-0.1, -0.05) is 30.1 Å². The van der Waals surface area contributed by atoms with Crippen molar-refractivity contribution in [2.45, 2.75) is 57.2 Å². The lowest BCUT2D eigenvalue weighted by Crippen LogP contribution is -2.42. The average molecular weight is 415 g/mol. The Morgan fingerprint density at radius 1 is 1.30 bits per heavy atom. The number of carbonyl (C=O) groups is 1. The van der Waals surface area contributed by atoms with Crippen LogP contribution in [0.1, 0.15) is 50.6 Å². The summed E-state index contributed by atoms with van der Waals surface area (Å²) in [7, 11) is 0. The van der Waals surface area contributed by atoms with Crippen molar-refractivity contribution in [2.75, 3.05) is 0 Å². The molecule has 1 aromatic carbocycles. The third-order valence-corrected chi connectivity index (χ3v) is 7.64. The first-order valence-corrected chi connectivity index (χ1v) is 10.3. The maximum atomic E-state index is 14.8. The number of nitrogens with two attached hydrogens (primary N) is 1. The van der Waals surface area contributed by atoms with Gasteiger partial charge < -0.3 is 16.2 Å². The molecule has 0 bridgehead atoms. The zero-order valence-electron chi connectivity index (χ0n) is 15.2. The van der Waals surface area contributed by atoms with Crippen LogP contribution in [0.5, 0.6) is 0 Å². The van der Waals surface area contributed by atoms with E-state index in [1.165, 1.54) is 18.6 Å². The second-order valence-electron chi connectivity index (χ2n) is 8.92. The Balaban J connectivity index is 1.65. The van der Waals surface area contributed by atoms with Crippen LogP contribution < -0.4 is 11.1 Å². The molecule has 7 heteroatoms.